The second kappa shape index (κ2) is 8.44. The van der Waals surface area contributed by atoms with Crippen LogP contribution in [-0.2, 0) is 21.4 Å². The molecule has 3 aromatic carbocycles. The fraction of sp³-hybridized carbons (Fsp3) is 0.111. The molecule has 31 heavy (non-hydrogen) atoms. The molecule has 154 valence electrons. The van der Waals surface area contributed by atoms with Crippen LogP contribution in [0.4, 0.5) is 0 Å². The van der Waals surface area contributed by atoms with Crippen molar-refractivity contribution in [3.05, 3.63) is 120 Å². The minimum atomic E-state index is -0.488. The monoisotopic (exact) mass is 410 g/mol. The third-order valence-corrected chi connectivity index (χ3v) is 5.71. The van der Waals surface area contributed by atoms with E-state index in [4.69, 9.17) is 9.47 Å². The average Bonchev–Trinajstić information content (AvgIpc) is 3.20. The molecule has 0 N–H and O–H groups in total. The van der Waals surface area contributed by atoms with Crippen LogP contribution in [0.3, 0.4) is 0 Å². The summed E-state index contributed by atoms with van der Waals surface area (Å²) < 4.78 is 10.5. The minimum absolute atomic E-state index is 0.349. The highest BCUT2D eigenvalue weighted by atomic mass is 16.5. The van der Waals surface area contributed by atoms with Crippen molar-refractivity contribution >= 4 is 11.9 Å². The van der Waals surface area contributed by atoms with Gasteiger partial charge < -0.3 is 9.47 Å². The largest absolute Gasteiger partial charge is 0.423 e. The van der Waals surface area contributed by atoms with E-state index in [1.54, 1.807) is 24.3 Å². The maximum Gasteiger partial charge on any atom is 0.335 e. The Kier molecular flexibility index (Phi) is 5.54. The molecular formula is C27H22O4. The lowest BCUT2D eigenvalue weighted by atomic mass is 9.70. The Hall–Kier alpha value is -3.92. The first-order valence-corrected chi connectivity index (χ1v) is 10.0. The van der Waals surface area contributed by atoms with E-state index >= 15 is 0 Å². The van der Waals surface area contributed by atoms with Gasteiger partial charge in [0.1, 0.15) is 11.5 Å². The van der Waals surface area contributed by atoms with E-state index in [-0.39, 0.29) is 5.41 Å². The van der Waals surface area contributed by atoms with Crippen LogP contribution in [0.15, 0.2) is 98.1 Å². The molecule has 4 heteroatoms. The SMILES string of the molecule is C=CC(=O)Oc1ccc(C2(c3ccc(OC(=O)C=C)cc3)CCc3ccccc32)cc1. The summed E-state index contributed by atoms with van der Waals surface area (Å²) in [5.74, 6) is -0.0276. The lowest BCUT2D eigenvalue weighted by Crippen LogP contribution is -2.26. The van der Waals surface area contributed by atoms with Gasteiger partial charge in [-0.1, -0.05) is 61.7 Å². The fourth-order valence-corrected chi connectivity index (χ4v) is 4.31. The molecule has 0 saturated heterocycles. The molecule has 0 bridgehead atoms. The first-order chi connectivity index (χ1) is 15.1. The Balaban J connectivity index is 1.77. The number of esters is 2. The molecule has 0 radical (unpaired) electrons. The van der Waals surface area contributed by atoms with E-state index in [0.29, 0.717) is 11.5 Å². The van der Waals surface area contributed by atoms with Gasteiger partial charge in [0.15, 0.2) is 0 Å². The third-order valence-electron chi connectivity index (χ3n) is 5.71. The summed E-state index contributed by atoms with van der Waals surface area (Å²) in [6.07, 6.45) is 4.15. The molecule has 0 aliphatic heterocycles. The van der Waals surface area contributed by atoms with Gasteiger partial charge in [-0.05, 0) is 59.4 Å². The lowest BCUT2D eigenvalue weighted by molar-refractivity contribution is -0.129. The van der Waals surface area contributed by atoms with Gasteiger partial charge in [0.2, 0.25) is 0 Å². The standard InChI is InChI=1S/C27H22O4/c1-3-25(28)30-22-13-9-20(10-14-22)27(18-17-19-7-5-6-8-24(19)27)21-11-15-23(16-12-21)31-26(29)4-2/h3-16H,1-2,17-18H2. The Morgan fingerprint density at radius 2 is 1.23 bits per heavy atom. The van der Waals surface area contributed by atoms with Crippen molar-refractivity contribution < 1.29 is 19.1 Å². The van der Waals surface area contributed by atoms with Crippen molar-refractivity contribution in [3.63, 3.8) is 0 Å². The predicted octanol–water partition coefficient (Wildman–Crippen LogP) is 5.15. The van der Waals surface area contributed by atoms with Crippen molar-refractivity contribution in [2.45, 2.75) is 18.3 Å². The summed E-state index contributed by atoms with van der Waals surface area (Å²) in [5, 5.41) is 0. The average molecular weight is 410 g/mol. The van der Waals surface area contributed by atoms with Gasteiger partial charge in [0.25, 0.3) is 0 Å². The highest BCUT2D eigenvalue weighted by Crippen LogP contribution is 2.49. The minimum Gasteiger partial charge on any atom is -0.423 e. The summed E-state index contributed by atoms with van der Waals surface area (Å²) in [6, 6.07) is 23.7. The van der Waals surface area contributed by atoms with Crippen LogP contribution in [0, 0.1) is 0 Å². The number of benzene rings is 3. The number of hydrogen-bond donors (Lipinski definition) is 0. The van der Waals surface area contributed by atoms with Gasteiger partial charge in [0.05, 0.1) is 0 Å². The summed E-state index contributed by atoms with van der Waals surface area (Å²) in [6.45, 7) is 6.86. The van der Waals surface area contributed by atoms with E-state index in [1.165, 1.54) is 11.1 Å². The van der Waals surface area contributed by atoms with Crippen molar-refractivity contribution in [2.75, 3.05) is 0 Å². The molecule has 1 aliphatic rings. The number of rotatable bonds is 6. The third kappa shape index (κ3) is 3.80. The molecule has 0 fully saturated rings. The van der Waals surface area contributed by atoms with Gasteiger partial charge in [-0.25, -0.2) is 9.59 Å². The molecule has 4 rings (SSSR count). The molecule has 1 aliphatic carbocycles. The Bertz CT molecular complexity index is 1080. The van der Waals surface area contributed by atoms with E-state index in [2.05, 4.69) is 37.4 Å². The molecule has 3 aromatic rings. The molecule has 0 amide bonds. The topological polar surface area (TPSA) is 52.6 Å². The van der Waals surface area contributed by atoms with E-state index in [9.17, 15) is 9.59 Å². The summed E-state index contributed by atoms with van der Waals surface area (Å²) in [4.78, 5) is 23.0. The van der Waals surface area contributed by atoms with Crippen LogP contribution in [0.1, 0.15) is 28.7 Å². The maximum atomic E-state index is 11.5. The van der Waals surface area contributed by atoms with Gasteiger partial charge in [-0.15, -0.1) is 0 Å². The zero-order valence-corrected chi connectivity index (χ0v) is 17.0. The van der Waals surface area contributed by atoms with Crippen LogP contribution in [0.5, 0.6) is 11.5 Å². The van der Waals surface area contributed by atoms with Gasteiger partial charge in [0, 0.05) is 17.6 Å². The van der Waals surface area contributed by atoms with Crippen molar-refractivity contribution in [3.8, 4) is 11.5 Å². The normalized spacial score (nSPS) is 13.7. The summed E-state index contributed by atoms with van der Waals surface area (Å²) >= 11 is 0. The van der Waals surface area contributed by atoms with E-state index in [0.717, 1.165) is 36.1 Å². The van der Waals surface area contributed by atoms with E-state index in [1.807, 2.05) is 24.3 Å². The highest BCUT2D eigenvalue weighted by Gasteiger charge is 2.41. The van der Waals surface area contributed by atoms with Crippen molar-refractivity contribution in [1.82, 2.24) is 0 Å². The number of carbonyl (C=O) groups excluding carboxylic acids is 2. The van der Waals surface area contributed by atoms with Gasteiger partial charge >= 0.3 is 11.9 Å². The molecule has 4 nitrogen and oxygen atoms in total. The smallest absolute Gasteiger partial charge is 0.335 e. The number of carbonyl (C=O) groups is 2. The molecule has 0 heterocycles. The molecule has 0 aromatic heterocycles. The van der Waals surface area contributed by atoms with Crippen molar-refractivity contribution in [2.24, 2.45) is 0 Å². The summed E-state index contributed by atoms with van der Waals surface area (Å²) in [5.41, 5.74) is 4.42. The zero-order valence-electron chi connectivity index (χ0n) is 17.0. The van der Waals surface area contributed by atoms with Crippen LogP contribution >= 0.6 is 0 Å². The Morgan fingerprint density at radius 3 is 1.71 bits per heavy atom. The van der Waals surface area contributed by atoms with Crippen LogP contribution in [-0.4, -0.2) is 11.9 Å². The Morgan fingerprint density at radius 1 is 0.742 bits per heavy atom. The van der Waals surface area contributed by atoms with Gasteiger partial charge in [-0.3, -0.25) is 0 Å². The first kappa shape index (κ1) is 20.4. The molecule has 0 unspecified atom stereocenters. The summed E-state index contributed by atoms with van der Waals surface area (Å²) in [7, 11) is 0. The molecule has 0 spiro atoms. The lowest BCUT2D eigenvalue weighted by Gasteiger charge is -2.32. The molecule has 0 saturated carbocycles. The number of hydrogen-bond acceptors (Lipinski definition) is 4. The second-order valence-corrected chi connectivity index (χ2v) is 7.36. The first-order valence-electron chi connectivity index (χ1n) is 10.0. The second-order valence-electron chi connectivity index (χ2n) is 7.36. The van der Waals surface area contributed by atoms with Crippen LogP contribution < -0.4 is 9.47 Å². The number of fused-ring (bicyclic) bond motifs is 1. The zero-order chi connectivity index (χ0) is 21.8. The van der Waals surface area contributed by atoms with Crippen molar-refractivity contribution in [1.29, 1.82) is 0 Å². The number of ether oxygens (including phenoxy) is 2. The molecular weight excluding hydrogens is 388 g/mol. The Labute approximate surface area is 181 Å². The fourth-order valence-electron chi connectivity index (χ4n) is 4.31. The van der Waals surface area contributed by atoms with Gasteiger partial charge in [-0.2, -0.15) is 0 Å². The highest BCUT2D eigenvalue weighted by molar-refractivity contribution is 5.83. The van der Waals surface area contributed by atoms with Crippen LogP contribution in [0.2, 0.25) is 0 Å². The van der Waals surface area contributed by atoms with E-state index < -0.39 is 11.9 Å². The maximum absolute atomic E-state index is 11.5. The van der Waals surface area contributed by atoms with Crippen LogP contribution in [0.25, 0.3) is 0 Å². The quantitative estimate of drug-likeness (QED) is 0.320. The molecule has 0 atom stereocenters. The predicted molar refractivity (Wildman–Crippen MR) is 119 cm³/mol. The number of aryl methyl sites for hydroxylation is 1.